The first kappa shape index (κ1) is 12.6. The monoisotopic (exact) mass is 270 g/mol. The van der Waals surface area contributed by atoms with Gasteiger partial charge in [-0.3, -0.25) is 0 Å². The minimum Gasteiger partial charge on any atom is -0.486 e. The minimum atomic E-state index is -3.74. The lowest BCUT2D eigenvalue weighted by atomic mass is 10.2. The number of rotatable bonds is 3. The summed E-state index contributed by atoms with van der Waals surface area (Å²) >= 11 is 0. The maximum atomic E-state index is 11.8. The van der Waals surface area contributed by atoms with Gasteiger partial charge in [0.1, 0.15) is 23.8 Å². The molecule has 0 fully saturated rings. The quantitative estimate of drug-likeness (QED) is 0.631. The van der Waals surface area contributed by atoms with Crippen LogP contribution in [0.2, 0.25) is 0 Å². The summed E-state index contributed by atoms with van der Waals surface area (Å²) in [5.41, 5.74) is -0.0383. The van der Waals surface area contributed by atoms with E-state index in [2.05, 4.69) is 9.71 Å². The highest BCUT2D eigenvalue weighted by atomic mass is 32.2. The zero-order valence-electron chi connectivity index (χ0n) is 9.47. The molecule has 8 heteroatoms. The molecular weight excluding hydrogens is 260 g/mol. The Balaban J connectivity index is 2.67. The normalized spacial score (nSPS) is 13.8. The van der Waals surface area contributed by atoms with Gasteiger partial charge in [-0.25, -0.2) is 17.9 Å². The molecule has 0 atom stereocenters. The molecule has 0 aromatic heterocycles. The summed E-state index contributed by atoms with van der Waals surface area (Å²) in [4.78, 5) is 13.5. The van der Waals surface area contributed by atoms with Gasteiger partial charge in [0.2, 0.25) is 16.1 Å². The Morgan fingerprint density at radius 3 is 2.44 bits per heavy atom. The summed E-state index contributed by atoms with van der Waals surface area (Å²) in [5.74, 6) is 0.658. The fourth-order valence-corrected chi connectivity index (χ4v) is 2.38. The smallest absolute Gasteiger partial charge is 0.242 e. The molecule has 0 saturated heterocycles. The van der Waals surface area contributed by atoms with Crippen LogP contribution in [0.25, 0.3) is 0 Å². The number of carbonyl (C=O) groups excluding carboxylic acids is 1. The summed E-state index contributed by atoms with van der Waals surface area (Å²) in [5, 5.41) is 0. The van der Waals surface area contributed by atoms with E-state index in [9.17, 15) is 13.2 Å². The SMILES string of the molecule is CNS(=O)(=O)c1cc2c(cc1N=C=O)OCCO2. The predicted molar refractivity (Wildman–Crippen MR) is 61.5 cm³/mol. The third-order valence-corrected chi connectivity index (χ3v) is 3.79. The van der Waals surface area contributed by atoms with Crippen molar-refractivity contribution in [2.75, 3.05) is 20.3 Å². The Labute approximate surface area is 103 Å². The Bertz CT molecular complexity index is 619. The van der Waals surface area contributed by atoms with Crippen LogP contribution < -0.4 is 14.2 Å². The highest BCUT2D eigenvalue weighted by Crippen LogP contribution is 2.38. The number of hydrogen-bond acceptors (Lipinski definition) is 6. The maximum Gasteiger partial charge on any atom is 0.242 e. The second kappa shape index (κ2) is 4.77. The van der Waals surface area contributed by atoms with Crippen LogP contribution in [0.4, 0.5) is 5.69 Å². The van der Waals surface area contributed by atoms with Gasteiger partial charge in [0.05, 0.1) is 0 Å². The number of nitrogens with zero attached hydrogens (tertiary/aromatic N) is 1. The molecule has 2 rings (SSSR count). The van der Waals surface area contributed by atoms with Crippen molar-refractivity contribution in [1.82, 2.24) is 4.72 Å². The third-order valence-electron chi connectivity index (χ3n) is 2.35. The van der Waals surface area contributed by atoms with E-state index in [0.29, 0.717) is 24.7 Å². The molecule has 0 spiro atoms. The van der Waals surface area contributed by atoms with E-state index in [1.54, 1.807) is 0 Å². The molecule has 1 aromatic rings. The summed E-state index contributed by atoms with van der Waals surface area (Å²) in [6.45, 7) is 0.692. The first-order valence-electron chi connectivity index (χ1n) is 5.03. The fraction of sp³-hybridized carbons (Fsp3) is 0.300. The van der Waals surface area contributed by atoms with E-state index >= 15 is 0 Å². The van der Waals surface area contributed by atoms with E-state index in [4.69, 9.17) is 9.47 Å². The van der Waals surface area contributed by atoms with Crippen LogP contribution >= 0.6 is 0 Å². The highest BCUT2D eigenvalue weighted by Gasteiger charge is 2.23. The zero-order chi connectivity index (χ0) is 13.2. The van der Waals surface area contributed by atoms with Gasteiger partial charge < -0.3 is 9.47 Å². The summed E-state index contributed by atoms with van der Waals surface area (Å²) in [6, 6.07) is 2.61. The number of nitrogens with one attached hydrogen (secondary N) is 1. The zero-order valence-corrected chi connectivity index (χ0v) is 10.3. The first-order chi connectivity index (χ1) is 8.58. The number of isocyanates is 1. The van der Waals surface area contributed by atoms with E-state index in [1.807, 2.05) is 0 Å². The average Bonchev–Trinajstić information content (AvgIpc) is 2.38. The van der Waals surface area contributed by atoms with Gasteiger partial charge in [0.15, 0.2) is 11.5 Å². The van der Waals surface area contributed by atoms with Gasteiger partial charge in [-0.1, -0.05) is 0 Å². The molecule has 7 nitrogen and oxygen atoms in total. The van der Waals surface area contributed by atoms with Crippen molar-refractivity contribution in [1.29, 1.82) is 0 Å². The van der Waals surface area contributed by atoms with Crippen molar-refractivity contribution in [3.63, 3.8) is 0 Å². The molecule has 1 N–H and O–H groups in total. The topological polar surface area (TPSA) is 94.1 Å². The van der Waals surface area contributed by atoms with Gasteiger partial charge >= 0.3 is 0 Å². The standard InChI is InChI=1S/C10H10N2O5S/c1-11-18(14,15)10-5-9-8(16-2-3-17-9)4-7(10)12-6-13/h4-5,11H,2-3H2,1H3. The highest BCUT2D eigenvalue weighted by molar-refractivity contribution is 7.89. The van der Waals surface area contributed by atoms with Crippen LogP contribution in [-0.4, -0.2) is 34.8 Å². The van der Waals surface area contributed by atoms with Crippen molar-refractivity contribution in [3.05, 3.63) is 12.1 Å². The molecule has 0 radical (unpaired) electrons. The maximum absolute atomic E-state index is 11.8. The minimum absolute atomic E-state index is 0.0383. The van der Waals surface area contributed by atoms with E-state index in [1.165, 1.54) is 25.3 Å². The lowest BCUT2D eigenvalue weighted by Crippen LogP contribution is -2.20. The molecule has 0 aliphatic carbocycles. The third kappa shape index (κ3) is 2.21. The van der Waals surface area contributed by atoms with Gasteiger partial charge in [-0.15, -0.1) is 0 Å². The summed E-state index contributed by atoms with van der Waals surface area (Å²) < 4.78 is 36.3. The van der Waals surface area contributed by atoms with Crippen LogP contribution in [-0.2, 0) is 14.8 Å². The van der Waals surface area contributed by atoms with Crippen LogP contribution in [0, 0.1) is 0 Å². The van der Waals surface area contributed by atoms with Crippen molar-refractivity contribution >= 4 is 21.8 Å². The van der Waals surface area contributed by atoms with Crippen LogP contribution in [0.1, 0.15) is 0 Å². The lowest BCUT2D eigenvalue weighted by molar-refractivity contribution is 0.171. The molecular formula is C10H10N2O5S. The van der Waals surface area contributed by atoms with Crippen molar-refractivity contribution in [2.45, 2.75) is 4.90 Å². The Morgan fingerprint density at radius 2 is 1.89 bits per heavy atom. The molecule has 96 valence electrons. The number of benzene rings is 1. The van der Waals surface area contributed by atoms with E-state index in [-0.39, 0.29) is 10.6 Å². The second-order valence-electron chi connectivity index (χ2n) is 3.37. The van der Waals surface area contributed by atoms with Gasteiger partial charge in [0, 0.05) is 12.1 Å². The van der Waals surface area contributed by atoms with Gasteiger partial charge in [0.25, 0.3) is 0 Å². The number of fused-ring (bicyclic) bond motifs is 1. The Morgan fingerprint density at radius 1 is 1.28 bits per heavy atom. The van der Waals surface area contributed by atoms with Gasteiger partial charge in [-0.05, 0) is 7.05 Å². The van der Waals surface area contributed by atoms with Crippen molar-refractivity contribution < 1.29 is 22.7 Å². The molecule has 0 saturated carbocycles. The number of ether oxygens (including phenoxy) is 2. The molecule has 18 heavy (non-hydrogen) atoms. The average molecular weight is 270 g/mol. The van der Waals surface area contributed by atoms with Crippen molar-refractivity contribution in [2.24, 2.45) is 4.99 Å². The Kier molecular flexibility index (Phi) is 3.33. The molecule has 1 aliphatic rings. The molecule has 1 aromatic carbocycles. The predicted octanol–water partition coefficient (Wildman–Crippen LogP) is 0.333. The number of hydrogen-bond donors (Lipinski definition) is 1. The first-order valence-corrected chi connectivity index (χ1v) is 6.52. The summed E-state index contributed by atoms with van der Waals surface area (Å²) in [7, 11) is -2.48. The van der Waals surface area contributed by atoms with Crippen LogP contribution in [0.3, 0.4) is 0 Å². The largest absolute Gasteiger partial charge is 0.486 e. The number of aliphatic imine (C=N–C) groups is 1. The van der Waals surface area contributed by atoms with E-state index in [0.717, 1.165) is 0 Å². The molecule has 0 amide bonds. The molecule has 1 heterocycles. The number of sulfonamides is 1. The van der Waals surface area contributed by atoms with Crippen LogP contribution in [0.5, 0.6) is 11.5 Å². The van der Waals surface area contributed by atoms with E-state index < -0.39 is 10.0 Å². The molecule has 0 unspecified atom stereocenters. The van der Waals surface area contributed by atoms with Crippen molar-refractivity contribution in [3.8, 4) is 11.5 Å². The van der Waals surface area contributed by atoms with Crippen LogP contribution in [0.15, 0.2) is 22.0 Å². The Hall–Kier alpha value is -1.89. The second-order valence-corrected chi connectivity index (χ2v) is 5.23. The lowest BCUT2D eigenvalue weighted by Gasteiger charge is -2.19. The molecule has 0 bridgehead atoms. The summed E-state index contributed by atoms with van der Waals surface area (Å²) in [6.07, 6.45) is 1.31. The van der Waals surface area contributed by atoms with Gasteiger partial charge in [-0.2, -0.15) is 4.99 Å². The molecule has 1 aliphatic heterocycles. The fourth-order valence-electron chi connectivity index (χ4n) is 1.52.